The monoisotopic (exact) mass is 1070 g/mol. The molecule has 76 heavy (non-hydrogen) atoms. The van der Waals surface area contributed by atoms with Crippen LogP contribution in [0.1, 0.15) is 65.8 Å². The van der Waals surface area contributed by atoms with Crippen molar-refractivity contribution in [3.05, 3.63) is 244 Å². The van der Waals surface area contributed by atoms with Gasteiger partial charge in [0.25, 0.3) is 0 Å². The molecule has 0 aliphatic heterocycles. The van der Waals surface area contributed by atoms with Crippen molar-refractivity contribution in [2.75, 3.05) is 18.1 Å². The van der Waals surface area contributed by atoms with Gasteiger partial charge in [0, 0.05) is 17.6 Å². The smallest absolute Gasteiger partial charge is 0.322 e. The first-order chi connectivity index (χ1) is 36.9. The summed E-state index contributed by atoms with van der Waals surface area (Å²) in [5, 5.41) is 33.2. The Balaban J connectivity index is 1.11. The SMILES string of the molecule is CC(C)[C@@H](NC(=O)[C@@H](CSC(c1ccccc1)(c1ccccc1)c1ccccc1)NC(=O)[C@@H](Cc1cscn1)NC(=O)C[C@H](O)C=CCCSC(c1ccccc1)(c1ccccc1)c1ccccc1)C(=O)NCC(=O)O. The highest BCUT2D eigenvalue weighted by molar-refractivity contribution is 8.00. The number of carbonyl (C=O) groups is 5. The van der Waals surface area contributed by atoms with Crippen LogP contribution in [-0.4, -0.2) is 87.1 Å². The van der Waals surface area contributed by atoms with Gasteiger partial charge in [0.1, 0.15) is 24.7 Å². The second-order valence-corrected chi connectivity index (χ2v) is 21.7. The Labute approximate surface area is 457 Å². The van der Waals surface area contributed by atoms with E-state index < -0.39 is 75.8 Å². The fourth-order valence-electron chi connectivity index (χ4n) is 9.06. The molecule has 0 saturated heterocycles. The third-order valence-corrected chi connectivity index (χ3v) is 16.6. The number of benzene rings is 6. The van der Waals surface area contributed by atoms with Gasteiger partial charge in [-0.3, -0.25) is 24.0 Å². The maximum absolute atomic E-state index is 14.7. The summed E-state index contributed by atoms with van der Waals surface area (Å²) in [5.41, 5.74) is 8.30. The molecule has 0 aliphatic rings. The molecular formula is C61H63N5O7S3. The highest BCUT2D eigenvalue weighted by atomic mass is 32.2. The molecule has 15 heteroatoms. The molecule has 4 amide bonds. The van der Waals surface area contributed by atoms with Crippen LogP contribution in [0.3, 0.4) is 0 Å². The van der Waals surface area contributed by atoms with Crippen LogP contribution in [0, 0.1) is 5.92 Å². The first kappa shape index (κ1) is 56.4. The van der Waals surface area contributed by atoms with Crippen molar-refractivity contribution in [2.24, 2.45) is 5.92 Å². The van der Waals surface area contributed by atoms with E-state index in [0.717, 1.165) is 33.4 Å². The maximum atomic E-state index is 14.7. The van der Waals surface area contributed by atoms with E-state index in [9.17, 15) is 34.2 Å². The number of aliphatic hydroxyl groups is 1. The lowest BCUT2D eigenvalue weighted by Crippen LogP contribution is -2.59. The number of aliphatic hydroxyl groups excluding tert-OH is 1. The first-order valence-electron chi connectivity index (χ1n) is 25.1. The second-order valence-electron chi connectivity index (χ2n) is 18.4. The summed E-state index contributed by atoms with van der Waals surface area (Å²) in [6.45, 7) is 2.78. The summed E-state index contributed by atoms with van der Waals surface area (Å²) in [7, 11) is 0. The fourth-order valence-corrected chi connectivity index (χ4v) is 12.7. The molecule has 12 nitrogen and oxygen atoms in total. The molecule has 4 atom stereocenters. The van der Waals surface area contributed by atoms with E-state index >= 15 is 0 Å². The van der Waals surface area contributed by atoms with Crippen molar-refractivity contribution < 1.29 is 34.2 Å². The summed E-state index contributed by atoms with van der Waals surface area (Å²) in [5.74, 6) is -3.74. The van der Waals surface area contributed by atoms with Crippen molar-refractivity contribution in [1.82, 2.24) is 26.3 Å². The van der Waals surface area contributed by atoms with Crippen molar-refractivity contribution in [3.63, 3.8) is 0 Å². The van der Waals surface area contributed by atoms with E-state index in [-0.39, 0.29) is 18.6 Å². The number of allylic oxidation sites excluding steroid dienone is 1. The number of rotatable bonds is 27. The van der Waals surface area contributed by atoms with Gasteiger partial charge in [0.2, 0.25) is 23.6 Å². The average molecular weight is 1070 g/mol. The van der Waals surface area contributed by atoms with Crippen LogP contribution < -0.4 is 21.3 Å². The number of aromatic nitrogens is 1. The topological polar surface area (TPSA) is 187 Å². The van der Waals surface area contributed by atoms with Gasteiger partial charge in [-0.2, -0.15) is 0 Å². The summed E-state index contributed by atoms with van der Waals surface area (Å²) >= 11 is 4.54. The molecule has 0 fully saturated rings. The molecule has 0 saturated carbocycles. The number of nitrogens with zero attached hydrogens (tertiary/aromatic N) is 1. The van der Waals surface area contributed by atoms with Crippen LogP contribution in [0.15, 0.2) is 205 Å². The van der Waals surface area contributed by atoms with Gasteiger partial charge in [-0.15, -0.1) is 34.9 Å². The molecule has 6 aromatic carbocycles. The zero-order chi connectivity index (χ0) is 53.8. The summed E-state index contributed by atoms with van der Waals surface area (Å²) in [4.78, 5) is 72.5. The number of nitrogens with one attached hydrogen (secondary N) is 4. The van der Waals surface area contributed by atoms with Gasteiger partial charge < -0.3 is 31.5 Å². The number of thioether (sulfide) groups is 2. The molecule has 0 unspecified atom stereocenters. The van der Waals surface area contributed by atoms with E-state index in [0.29, 0.717) is 17.9 Å². The predicted octanol–water partition coefficient (Wildman–Crippen LogP) is 9.14. The summed E-state index contributed by atoms with van der Waals surface area (Å²) < 4.78 is -1.42. The summed E-state index contributed by atoms with van der Waals surface area (Å²) in [6.07, 6.45) is 2.51. The van der Waals surface area contributed by atoms with E-state index in [1.54, 1.807) is 42.6 Å². The van der Waals surface area contributed by atoms with Crippen LogP contribution in [0.2, 0.25) is 0 Å². The van der Waals surface area contributed by atoms with Gasteiger partial charge in [0.15, 0.2) is 0 Å². The Bertz CT molecular complexity index is 2760. The van der Waals surface area contributed by atoms with Crippen LogP contribution in [-0.2, 0) is 39.9 Å². The zero-order valence-electron chi connectivity index (χ0n) is 42.4. The van der Waals surface area contributed by atoms with E-state index in [4.69, 9.17) is 0 Å². The highest BCUT2D eigenvalue weighted by Crippen LogP contribution is 2.50. The van der Waals surface area contributed by atoms with E-state index in [1.165, 1.54) is 23.1 Å². The normalized spacial score (nSPS) is 13.3. The molecule has 1 aromatic heterocycles. The molecule has 0 aliphatic carbocycles. The van der Waals surface area contributed by atoms with E-state index in [1.807, 2.05) is 152 Å². The molecule has 7 aromatic rings. The third-order valence-electron chi connectivity index (χ3n) is 12.7. The number of hydrogen-bond donors (Lipinski definition) is 6. The Morgan fingerprint density at radius 1 is 0.592 bits per heavy atom. The largest absolute Gasteiger partial charge is 0.480 e. The number of aliphatic carboxylic acids is 1. The van der Waals surface area contributed by atoms with Crippen molar-refractivity contribution >= 4 is 64.5 Å². The first-order valence-corrected chi connectivity index (χ1v) is 28.0. The molecular weight excluding hydrogens is 1010 g/mol. The van der Waals surface area contributed by atoms with Gasteiger partial charge in [-0.25, -0.2) is 4.98 Å². The molecule has 0 bridgehead atoms. The Kier molecular flexibility index (Phi) is 20.8. The van der Waals surface area contributed by atoms with Crippen LogP contribution in [0.5, 0.6) is 0 Å². The standard InChI is InChI=1S/C61H63N5O7S3/c1-43(2)56(59(73)62-39-55(69)70)66-58(72)53(41-76-61(47-29-15-6-16-30-47,48-31-17-7-18-32-48)49-33-19-8-20-34-49)65-57(71)52(37-50-40-74-42-63-50)64-54(68)38-51(67)35-21-22-36-75-60(44-23-9-3-10-24-44,45-25-11-4-12-26-45)46-27-13-5-14-28-46/h3-21,23-35,40,42-43,51-53,56,67H,22,36-39,41H2,1-2H3,(H,62,73)(H,64,68)(H,65,71)(H,66,72)(H,69,70)/t51-,52-,53-,56-/m1/s1. The number of carboxylic acids is 1. The highest BCUT2D eigenvalue weighted by Gasteiger charge is 2.40. The van der Waals surface area contributed by atoms with Gasteiger partial charge in [0.05, 0.1) is 33.2 Å². The Morgan fingerprint density at radius 2 is 1.03 bits per heavy atom. The van der Waals surface area contributed by atoms with Crippen molar-refractivity contribution in [2.45, 2.75) is 66.8 Å². The molecule has 7 rings (SSSR count). The van der Waals surface area contributed by atoms with Gasteiger partial charge in [-0.1, -0.05) is 208 Å². The molecule has 1 heterocycles. The number of hydrogen-bond acceptors (Lipinski definition) is 10. The number of carbonyl (C=O) groups excluding carboxylic acids is 4. The Morgan fingerprint density at radius 3 is 1.43 bits per heavy atom. The number of thiazole rings is 1. The van der Waals surface area contributed by atoms with Gasteiger partial charge >= 0.3 is 5.97 Å². The predicted molar refractivity (Wildman–Crippen MR) is 305 cm³/mol. The Hall–Kier alpha value is -7.30. The second kappa shape index (κ2) is 28.0. The maximum Gasteiger partial charge on any atom is 0.322 e. The van der Waals surface area contributed by atoms with Crippen molar-refractivity contribution in [3.8, 4) is 0 Å². The minimum atomic E-state index is -1.30. The molecule has 0 spiro atoms. The molecule has 392 valence electrons. The van der Waals surface area contributed by atoms with Crippen LogP contribution in [0.25, 0.3) is 0 Å². The average Bonchev–Trinajstić information content (AvgIpc) is 4.00. The molecule has 0 radical (unpaired) electrons. The summed E-state index contributed by atoms with van der Waals surface area (Å²) in [6, 6.07) is 57.0. The lowest BCUT2D eigenvalue weighted by molar-refractivity contribution is -0.138. The fraction of sp³-hybridized carbons (Fsp3) is 0.246. The quantitative estimate of drug-likeness (QED) is 0.0165. The zero-order valence-corrected chi connectivity index (χ0v) is 44.8. The van der Waals surface area contributed by atoms with Crippen LogP contribution in [0.4, 0.5) is 0 Å². The number of carboxylic acid groups (broad SMARTS) is 1. The lowest BCUT2D eigenvalue weighted by atomic mass is 9.84. The van der Waals surface area contributed by atoms with E-state index in [2.05, 4.69) is 62.6 Å². The van der Waals surface area contributed by atoms with Crippen molar-refractivity contribution in [1.29, 1.82) is 0 Å². The minimum Gasteiger partial charge on any atom is -0.480 e. The molecule has 6 N–H and O–H groups in total. The number of amides is 4. The third kappa shape index (κ3) is 14.8. The van der Waals surface area contributed by atoms with Gasteiger partial charge in [-0.05, 0) is 51.5 Å². The lowest BCUT2D eigenvalue weighted by Gasteiger charge is -2.37. The minimum absolute atomic E-state index is 0.0219. The van der Waals surface area contributed by atoms with Crippen LogP contribution >= 0.6 is 34.9 Å².